The second kappa shape index (κ2) is 8.23. The summed E-state index contributed by atoms with van der Waals surface area (Å²) in [6.45, 7) is 21.1. The first-order valence-electron chi connectivity index (χ1n) is 8.23. The third kappa shape index (κ3) is 4.94. The van der Waals surface area contributed by atoms with Gasteiger partial charge < -0.3 is 0 Å². The van der Waals surface area contributed by atoms with E-state index >= 15 is 0 Å². The summed E-state index contributed by atoms with van der Waals surface area (Å²) in [6.07, 6.45) is 2.80. The van der Waals surface area contributed by atoms with Gasteiger partial charge in [0.25, 0.3) is 0 Å². The Morgan fingerprint density at radius 1 is 0.778 bits per heavy atom. The summed E-state index contributed by atoms with van der Waals surface area (Å²) < 4.78 is 0. The molecule has 0 aromatic heterocycles. The Balaban J connectivity index is 0.000000631. The standard InChI is InChI=1S/C14H28.C4H10/c1-7-8-13-11(5)10(4)12(6)14(13)9(2)3;1-4(2)3/h9-14H,7-8H2,1-6H3;4H,1-3H3. The van der Waals surface area contributed by atoms with Crippen LogP contribution in [0.5, 0.6) is 0 Å². The van der Waals surface area contributed by atoms with E-state index in [1.165, 1.54) is 12.8 Å². The molecule has 0 bridgehead atoms. The van der Waals surface area contributed by atoms with Gasteiger partial charge in [-0.3, -0.25) is 0 Å². The van der Waals surface area contributed by atoms with Crippen LogP contribution < -0.4 is 0 Å². The zero-order valence-electron chi connectivity index (χ0n) is 14.5. The molecule has 0 aromatic carbocycles. The molecule has 0 saturated heterocycles. The maximum atomic E-state index is 2.48. The molecular formula is C18H38. The molecule has 1 fully saturated rings. The highest BCUT2D eigenvalue weighted by atomic mass is 14.5. The lowest BCUT2D eigenvalue weighted by Gasteiger charge is -2.28. The Bertz CT molecular complexity index is 201. The Kier molecular flexibility index (Phi) is 8.23. The fourth-order valence-corrected chi connectivity index (χ4v) is 3.85. The van der Waals surface area contributed by atoms with Crippen LogP contribution in [0.25, 0.3) is 0 Å². The van der Waals surface area contributed by atoms with Gasteiger partial charge in [-0.2, -0.15) is 0 Å². The molecule has 0 heterocycles. The van der Waals surface area contributed by atoms with Gasteiger partial charge in [-0.15, -0.1) is 0 Å². The lowest BCUT2D eigenvalue weighted by molar-refractivity contribution is 0.212. The third-order valence-electron chi connectivity index (χ3n) is 4.83. The zero-order valence-corrected chi connectivity index (χ0v) is 14.5. The molecule has 5 unspecified atom stereocenters. The molecule has 1 aliphatic rings. The van der Waals surface area contributed by atoms with Gasteiger partial charge >= 0.3 is 0 Å². The third-order valence-corrected chi connectivity index (χ3v) is 4.83. The van der Waals surface area contributed by atoms with E-state index in [9.17, 15) is 0 Å². The summed E-state index contributed by atoms with van der Waals surface area (Å²) >= 11 is 0. The molecule has 1 saturated carbocycles. The van der Waals surface area contributed by atoms with Gasteiger partial charge in [-0.1, -0.05) is 75.2 Å². The van der Waals surface area contributed by atoms with Crippen LogP contribution in [0.2, 0.25) is 0 Å². The largest absolute Gasteiger partial charge is 0.0654 e. The van der Waals surface area contributed by atoms with E-state index in [-0.39, 0.29) is 0 Å². The van der Waals surface area contributed by atoms with Crippen molar-refractivity contribution in [1.82, 2.24) is 0 Å². The predicted molar refractivity (Wildman–Crippen MR) is 84.7 cm³/mol. The van der Waals surface area contributed by atoms with Crippen molar-refractivity contribution in [2.45, 2.75) is 75.2 Å². The van der Waals surface area contributed by atoms with Crippen LogP contribution in [0.15, 0.2) is 0 Å². The minimum absolute atomic E-state index is 0.833. The average molecular weight is 255 g/mol. The summed E-state index contributed by atoms with van der Waals surface area (Å²) in [6, 6.07) is 0. The van der Waals surface area contributed by atoms with E-state index in [0.29, 0.717) is 0 Å². The number of hydrogen-bond donors (Lipinski definition) is 0. The van der Waals surface area contributed by atoms with Crippen LogP contribution in [-0.2, 0) is 0 Å². The van der Waals surface area contributed by atoms with Crippen molar-refractivity contribution in [3.8, 4) is 0 Å². The van der Waals surface area contributed by atoms with Crippen molar-refractivity contribution in [3.05, 3.63) is 0 Å². The molecule has 0 amide bonds. The molecule has 0 aliphatic heterocycles. The van der Waals surface area contributed by atoms with E-state index in [1.54, 1.807) is 0 Å². The highest BCUT2D eigenvalue weighted by Gasteiger charge is 2.44. The molecule has 0 nitrogen and oxygen atoms in total. The molecule has 110 valence electrons. The van der Waals surface area contributed by atoms with Gasteiger partial charge in [-0.05, 0) is 41.4 Å². The quantitative estimate of drug-likeness (QED) is 0.557. The molecule has 0 heteroatoms. The van der Waals surface area contributed by atoms with Crippen molar-refractivity contribution in [3.63, 3.8) is 0 Å². The SMILES string of the molecule is CC(C)C.CCCC1C(C)C(C)C(C)C1C(C)C. The molecule has 18 heavy (non-hydrogen) atoms. The van der Waals surface area contributed by atoms with Crippen LogP contribution >= 0.6 is 0 Å². The van der Waals surface area contributed by atoms with Crippen LogP contribution in [0.1, 0.15) is 75.2 Å². The Morgan fingerprint density at radius 3 is 1.56 bits per heavy atom. The van der Waals surface area contributed by atoms with Crippen molar-refractivity contribution in [1.29, 1.82) is 0 Å². The van der Waals surface area contributed by atoms with Crippen LogP contribution in [0, 0.1) is 41.4 Å². The fourth-order valence-electron chi connectivity index (χ4n) is 3.85. The maximum absolute atomic E-state index is 2.48. The lowest BCUT2D eigenvalue weighted by atomic mass is 9.78. The Hall–Kier alpha value is 0. The molecule has 0 N–H and O–H groups in total. The monoisotopic (exact) mass is 254 g/mol. The van der Waals surface area contributed by atoms with Crippen molar-refractivity contribution in [2.75, 3.05) is 0 Å². The molecule has 5 atom stereocenters. The summed E-state index contributed by atoms with van der Waals surface area (Å²) in [5.41, 5.74) is 0. The highest BCUT2D eigenvalue weighted by molar-refractivity contribution is 4.92. The fraction of sp³-hybridized carbons (Fsp3) is 1.00. The van der Waals surface area contributed by atoms with Gasteiger partial charge in [0.1, 0.15) is 0 Å². The molecule has 1 aliphatic carbocycles. The molecule has 0 aromatic rings. The summed E-state index contributed by atoms with van der Waals surface area (Å²) in [5, 5.41) is 0. The number of hydrogen-bond acceptors (Lipinski definition) is 0. The van der Waals surface area contributed by atoms with Crippen LogP contribution in [-0.4, -0.2) is 0 Å². The lowest BCUT2D eigenvalue weighted by Crippen LogP contribution is -2.21. The average Bonchev–Trinajstić information content (AvgIpc) is 2.43. The van der Waals surface area contributed by atoms with Gasteiger partial charge in [0.15, 0.2) is 0 Å². The van der Waals surface area contributed by atoms with Crippen LogP contribution in [0.4, 0.5) is 0 Å². The summed E-state index contributed by atoms with van der Waals surface area (Å²) in [7, 11) is 0. The van der Waals surface area contributed by atoms with E-state index < -0.39 is 0 Å². The molecule has 1 rings (SSSR count). The van der Waals surface area contributed by atoms with Crippen LogP contribution in [0.3, 0.4) is 0 Å². The predicted octanol–water partition coefficient (Wildman–Crippen LogP) is 6.26. The van der Waals surface area contributed by atoms with E-state index in [2.05, 4.69) is 62.3 Å². The molecular weight excluding hydrogens is 216 g/mol. The first-order valence-corrected chi connectivity index (χ1v) is 8.23. The minimum Gasteiger partial charge on any atom is -0.0654 e. The second-order valence-electron chi connectivity index (χ2n) is 7.58. The van der Waals surface area contributed by atoms with E-state index in [4.69, 9.17) is 0 Å². The summed E-state index contributed by atoms with van der Waals surface area (Å²) in [5.74, 6) is 6.47. The number of rotatable bonds is 3. The Labute approximate surface area is 117 Å². The first-order chi connectivity index (χ1) is 8.23. The zero-order chi connectivity index (χ0) is 14.5. The van der Waals surface area contributed by atoms with E-state index in [1.807, 2.05) is 0 Å². The first kappa shape index (κ1) is 18.0. The minimum atomic E-state index is 0.833. The van der Waals surface area contributed by atoms with Crippen molar-refractivity contribution >= 4 is 0 Å². The van der Waals surface area contributed by atoms with E-state index in [0.717, 1.165) is 41.4 Å². The highest BCUT2D eigenvalue weighted by Crippen LogP contribution is 2.50. The van der Waals surface area contributed by atoms with Crippen molar-refractivity contribution in [2.24, 2.45) is 41.4 Å². The molecule has 0 radical (unpaired) electrons. The normalized spacial score (nSPS) is 35.8. The van der Waals surface area contributed by atoms with Gasteiger partial charge in [0, 0.05) is 0 Å². The topological polar surface area (TPSA) is 0 Å². The van der Waals surface area contributed by atoms with Gasteiger partial charge in [0.2, 0.25) is 0 Å². The van der Waals surface area contributed by atoms with Crippen molar-refractivity contribution < 1.29 is 0 Å². The Morgan fingerprint density at radius 2 is 1.22 bits per heavy atom. The smallest absolute Gasteiger partial charge is 0.0332 e. The van der Waals surface area contributed by atoms with Gasteiger partial charge in [0.05, 0.1) is 0 Å². The maximum Gasteiger partial charge on any atom is -0.0332 e. The summed E-state index contributed by atoms with van der Waals surface area (Å²) in [4.78, 5) is 0. The van der Waals surface area contributed by atoms with Gasteiger partial charge in [-0.25, -0.2) is 0 Å². The second-order valence-corrected chi connectivity index (χ2v) is 7.58. The molecule has 0 spiro atoms.